The Morgan fingerprint density at radius 3 is 1.85 bits per heavy atom. The van der Waals surface area contributed by atoms with Gasteiger partial charge in [-0.05, 0) is 23.1 Å². The van der Waals surface area contributed by atoms with E-state index in [0.29, 0.717) is 12.8 Å². The van der Waals surface area contributed by atoms with Crippen molar-refractivity contribution >= 4 is 0 Å². The van der Waals surface area contributed by atoms with Crippen molar-refractivity contribution in [3.8, 4) is 0 Å². The van der Waals surface area contributed by atoms with E-state index < -0.39 is 11.1 Å². The third kappa shape index (κ3) is 3.45. The lowest BCUT2D eigenvalue weighted by molar-refractivity contribution is -0.570. The Labute approximate surface area is 199 Å². The summed E-state index contributed by atoms with van der Waals surface area (Å²) in [5.74, 6) is -0.297. The zero-order valence-corrected chi connectivity index (χ0v) is 19.1. The Morgan fingerprint density at radius 1 is 0.882 bits per heavy atom. The Kier molecular flexibility index (Phi) is 5.62. The molecular weight excluding hydrogens is 422 g/mol. The van der Waals surface area contributed by atoms with Crippen LogP contribution in [0.2, 0.25) is 0 Å². The van der Waals surface area contributed by atoms with Crippen LogP contribution in [-0.2, 0) is 5.54 Å². The molecule has 0 saturated carbocycles. The number of nitrogens with zero attached hydrogens (tertiary/aromatic N) is 3. The first-order valence-electron chi connectivity index (χ1n) is 11.6. The molecule has 2 atom stereocenters. The summed E-state index contributed by atoms with van der Waals surface area (Å²) in [5.41, 5.74) is 2.27. The topological polar surface area (TPSA) is 61.0 Å². The molecule has 0 saturated heterocycles. The lowest BCUT2D eigenvalue weighted by atomic mass is 9.75. The van der Waals surface area contributed by atoms with Crippen LogP contribution in [-0.4, -0.2) is 20.0 Å². The van der Waals surface area contributed by atoms with E-state index in [1.54, 1.807) is 6.92 Å². The summed E-state index contributed by atoms with van der Waals surface area (Å²) in [6, 6.07) is 31.1. The van der Waals surface area contributed by atoms with Gasteiger partial charge in [-0.2, -0.15) is 0 Å². The van der Waals surface area contributed by atoms with Gasteiger partial charge in [-0.1, -0.05) is 103 Å². The molecule has 5 rings (SSSR count). The smallest absolute Gasteiger partial charge is 0.231 e. The van der Waals surface area contributed by atoms with Crippen molar-refractivity contribution in [1.29, 1.82) is 0 Å². The maximum Gasteiger partial charge on any atom is 0.231 e. The zero-order chi connectivity index (χ0) is 23.6. The summed E-state index contributed by atoms with van der Waals surface area (Å²) in [7, 11) is 0. The zero-order valence-electron chi connectivity index (χ0n) is 19.1. The molecule has 5 nitrogen and oxygen atoms in total. The van der Waals surface area contributed by atoms with Gasteiger partial charge in [0.2, 0.25) is 5.54 Å². The second kappa shape index (κ2) is 8.75. The molecule has 4 aromatic rings. The fourth-order valence-electron chi connectivity index (χ4n) is 5.28. The Bertz CT molecular complexity index is 1200. The van der Waals surface area contributed by atoms with E-state index in [0.717, 1.165) is 22.4 Å². The molecule has 0 unspecified atom stereocenters. The van der Waals surface area contributed by atoms with Crippen molar-refractivity contribution in [2.24, 2.45) is 0 Å². The predicted octanol–water partition coefficient (Wildman–Crippen LogP) is 6.19. The maximum atomic E-state index is 12.1. The fraction of sp³-hybridized carbons (Fsp3) is 0.207. The molecule has 3 aromatic carbocycles. The molecular formula is C29H27N3O2. The van der Waals surface area contributed by atoms with Crippen molar-refractivity contribution < 1.29 is 4.92 Å². The van der Waals surface area contributed by atoms with Crippen molar-refractivity contribution in [2.75, 3.05) is 0 Å². The molecule has 170 valence electrons. The van der Waals surface area contributed by atoms with Crippen LogP contribution >= 0.6 is 0 Å². The van der Waals surface area contributed by atoms with Gasteiger partial charge in [-0.15, -0.1) is 0 Å². The van der Waals surface area contributed by atoms with Crippen LogP contribution < -0.4 is 0 Å². The van der Waals surface area contributed by atoms with Crippen LogP contribution in [0.3, 0.4) is 0 Å². The lowest BCUT2D eigenvalue weighted by Crippen LogP contribution is -2.42. The van der Waals surface area contributed by atoms with E-state index >= 15 is 0 Å². The number of benzene rings is 3. The molecule has 0 N–H and O–H groups in total. The molecule has 1 aliphatic carbocycles. The monoisotopic (exact) mass is 449 g/mol. The third-order valence-electron chi connectivity index (χ3n) is 7.16. The summed E-state index contributed by atoms with van der Waals surface area (Å²) >= 11 is 0. The maximum absolute atomic E-state index is 12.1. The molecule has 0 fully saturated rings. The number of rotatable bonds is 6. The lowest BCUT2D eigenvalue weighted by Gasteiger charge is -2.37. The van der Waals surface area contributed by atoms with E-state index in [-0.39, 0.29) is 10.8 Å². The average Bonchev–Trinajstić information content (AvgIpc) is 3.37. The summed E-state index contributed by atoms with van der Waals surface area (Å²) in [5, 5.41) is 12.1. The highest BCUT2D eigenvalue weighted by atomic mass is 16.6. The minimum absolute atomic E-state index is 0.140. The van der Waals surface area contributed by atoms with E-state index in [1.807, 2.05) is 79.3 Å². The third-order valence-corrected chi connectivity index (χ3v) is 7.16. The van der Waals surface area contributed by atoms with Gasteiger partial charge in [0.25, 0.3) is 0 Å². The Morgan fingerprint density at radius 2 is 1.38 bits per heavy atom. The number of nitro groups is 1. The molecule has 34 heavy (non-hydrogen) atoms. The van der Waals surface area contributed by atoms with Crippen LogP contribution in [0.1, 0.15) is 48.1 Å². The molecule has 0 bridgehead atoms. The minimum Gasteiger partial charge on any atom is -0.319 e. The molecule has 0 radical (unpaired) electrons. The van der Waals surface area contributed by atoms with Crippen molar-refractivity contribution in [3.63, 3.8) is 0 Å². The van der Waals surface area contributed by atoms with Gasteiger partial charge in [0.15, 0.2) is 0 Å². The summed E-state index contributed by atoms with van der Waals surface area (Å²) < 4.78 is 2.13. The average molecular weight is 450 g/mol. The first-order chi connectivity index (χ1) is 16.6. The Balaban J connectivity index is 1.76. The molecule has 1 aliphatic rings. The van der Waals surface area contributed by atoms with Crippen LogP contribution in [0, 0.1) is 10.1 Å². The quantitative estimate of drug-likeness (QED) is 0.153. The second-order valence-electron chi connectivity index (χ2n) is 9.09. The Hall–Kier alpha value is -3.99. The second-order valence-corrected chi connectivity index (χ2v) is 9.09. The van der Waals surface area contributed by atoms with Crippen LogP contribution in [0.15, 0.2) is 116 Å². The summed E-state index contributed by atoms with van der Waals surface area (Å²) in [4.78, 5) is 16.7. The molecule has 1 heterocycles. The normalized spacial score (nSPS) is 20.2. The van der Waals surface area contributed by atoms with Gasteiger partial charge in [0.05, 0.1) is 17.9 Å². The number of imidazole rings is 1. The van der Waals surface area contributed by atoms with Crippen LogP contribution in [0.5, 0.6) is 0 Å². The van der Waals surface area contributed by atoms with E-state index in [4.69, 9.17) is 4.98 Å². The first-order valence-corrected chi connectivity index (χ1v) is 11.6. The predicted molar refractivity (Wildman–Crippen MR) is 133 cm³/mol. The minimum atomic E-state index is -1.08. The molecule has 0 spiro atoms. The molecule has 0 amide bonds. The number of aromatic nitrogens is 2. The van der Waals surface area contributed by atoms with Gasteiger partial charge in [-0.25, -0.2) is 4.98 Å². The van der Waals surface area contributed by atoms with Gasteiger partial charge in [-0.3, -0.25) is 10.1 Å². The van der Waals surface area contributed by atoms with Crippen LogP contribution in [0.4, 0.5) is 0 Å². The van der Waals surface area contributed by atoms with Crippen molar-refractivity contribution in [1.82, 2.24) is 9.55 Å². The van der Waals surface area contributed by atoms with Gasteiger partial charge < -0.3 is 4.57 Å². The SMILES string of the molecule is C[C@@]1([N+](=O)[O-])CC=CC[C@@H]1c1cn(C(c2ccccc2)(c2ccccc2)c2ccccc2)cn1. The van der Waals surface area contributed by atoms with E-state index in [2.05, 4.69) is 41.0 Å². The van der Waals surface area contributed by atoms with E-state index in [1.165, 1.54) is 0 Å². The first kappa shape index (κ1) is 21.8. The fourth-order valence-corrected chi connectivity index (χ4v) is 5.28. The summed E-state index contributed by atoms with van der Waals surface area (Å²) in [6.45, 7) is 1.74. The van der Waals surface area contributed by atoms with Gasteiger partial charge in [0, 0.05) is 24.5 Å². The highest BCUT2D eigenvalue weighted by molar-refractivity contribution is 5.50. The van der Waals surface area contributed by atoms with E-state index in [9.17, 15) is 10.1 Å². The standard InChI is InChI=1S/C29H27N3O2/c1-28(32(33)34)20-12-11-19-26(28)27-21-31(22-30-27)29(23-13-5-2-6-14-23,24-15-7-3-8-16-24)25-17-9-4-10-18-25/h2-18,21-22,26H,19-20H2,1H3/t26-,28-/m1/s1. The number of hydrogen-bond acceptors (Lipinski definition) is 3. The largest absolute Gasteiger partial charge is 0.319 e. The van der Waals surface area contributed by atoms with Crippen LogP contribution in [0.25, 0.3) is 0 Å². The number of allylic oxidation sites excluding steroid dienone is 1. The van der Waals surface area contributed by atoms with Gasteiger partial charge in [0.1, 0.15) is 5.54 Å². The van der Waals surface area contributed by atoms with Crippen molar-refractivity contribution in [2.45, 2.75) is 36.8 Å². The highest BCUT2D eigenvalue weighted by Gasteiger charge is 2.48. The van der Waals surface area contributed by atoms with Crippen molar-refractivity contribution in [3.05, 3.63) is 148 Å². The van der Waals surface area contributed by atoms with Gasteiger partial charge >= 0.3 is 0 Å². The number of hydrogen-bond donors (Lipinski definition) is 0. The molecule has 1 aromatic heterocycles. The summed E-state index contributed by atoms with van der Waals surface area (Å²) in [6.07, 6.45) is 8.80. The highest BCUT2D eigenvalue weighted by Crippen LogP contribution is 2.43. The molecule has 5 heteroatoms. The molecule has 0 aliphatic heterocycles.